The molecule has 43 valence electrons. The van der Waals surface area contributed by atoms with Crippen molar-refractivity contribution in [3.8, 4) is 0 Å². The van der Waals surface area contributed by atoms with E-state index < -0.39 is 0 Å². The molecule has 0 aromatic heterocycles. The van der Waals surface area contributed by atoms with E-state index in [2.05, 4.69) is 0 Å². The Morgan fingerprint density at radius 3 is 0.667 bits per heavy atom. The van der Waals surface area contributed by atoms with Crippen molar-refractivity contribution in [1.82, 2.24) is 0 Å². The van der Waals surface area contributed by atoms with Gasteiger partial charge in [-0.3, -0.25) is 0 Å². The van der Waals surface area contributed by atoms with Crippen molar-refractivity contribution in [1.29, 1.82) is 0 Å². The SMILES string of the molecule is [B].[Cr].[Cr].[Ni].[Ni].[SiH4]. The minimum atomic E-state index is 0. The van der Waals surface area contributed by atoms with Crippen LogP contribution >= 0.6 is 0 Å². The molecule has 0 unspecified atom stereocenters. The second-order valence-corrected chi connectivity index (χ2v) is 0. The fourth-order valence-electron chi connectivity index (χ4n) is 0. The van der Waals surface area contributed by atoms with Gasteiger partial charge < -0.3 is 0 Å². The molecule has 0 atom stereocenters. The van der Waals surface area contributed by atoms with E-state index in [1.165, 1.54) is 0 Å². The molecule has 0 aliphatic rings. The number of hydrogen-bond acceptors (Lipinski definition) is 0. The first-order valence-electron chi connectivity index (χ1n) is 0. The number of hydrogen-bond donors (Lipinski definition) is 0. The Labute approximate surface area is 86.3 Å². The van der Waals surface area contributed by atoms with Gasteiger partial charge in [0.15, 0.2) is 0 Å². The van der Waals surface area contributed by atoms with Crippen molar-refractivity contribution in [3.63, 3.8) is 0 Å². The van der Waals surface area contributed by atoms with Crippen molar-refractivity contribution >= 4 is 19.4 Å². The van der Waals surface area contributed by atoms with Crippen LogP contribution in [0.2, 0.25) is 0 Å². The van der Waals surface area contributed by atoms with Crippen molar-refractivity contribution in [2.75, 3.05) is 0 Å². The maximum atomic E-state index is 0. The standard InChI is InChI=1S/B.2Cr.2Ni.H4Si/h;;;;;1H4. The molecule has 0 aliphatic heterocycles. The van der Waals surface area contributed by atoms with Crippen LogP contribution in [-0.2, 0) is 67.7 Å². The predicted octanol–water partition coefficient (Wildman–Crippen LogP) is -1.84. The van der Waals surface area contributed by atoms with Crippen molar-refractivity contribution in [2.24, 2.45) is 0 Å². The molecule has 0 aromatic carbocycles. The fourth-order valence-corrected chi connectivity index (χ4v) is 0. The summed E-state index contributed by atoms with van der Waals surface area (Å²) in [6.07, 6.45) is 0. The van der Waals surface area contributed by atoms with Gasteiger partial charge in [-0.2, -0.15) is 0 Å². The third kappa shape index (κ3) is 33.1. The molecule has 0 spiro atoms. The van der Waals surface area contributed by atoms with Gasteiger partial charge in [-0.25, -0.2) is 0 Å². The summed E-state index contributed by atoms with van der Waals surface area (Å²) in [4.78, 5) is 0. The van der Waals surface area contributed by atoms with E-state index in [4.69, 9.17) is 0 Å². The molecule has 6 heavy (non-hydrogen) atoms. The Kier molecular flexibility index (Phi) is 741. The smallest absolute Gasteiger partial charge is 0 e. The van der Waals surface area contributed by atoms with Crippen LogP contribution in [0.5, 0.6) is 0 Å². The molecule has 0 aliphatic carbocycles. The van der Waals surface area contributed by atoms with Crippen LogP contribution in [0.25, 0.3) is 0 Å². The van der Waals surface area contributed by atoms with E-state index >= 15 is 0 Å². The van der Waals surface area contributed by atoms with Crippen LogP contribution in [0.15, 0.2) is 0 Å². The summed E-state index contributed by atoms with van der Waals surface area (Å²) in [7, 11) is 0. The van der Waals surface area contributed by atoms with Gasteiger partial charge in [0.25, 0.3) is 0 Å². The molecule has 0 rings (SSSR count). The Bertz CT molecular complexity index is 11.5. The Balaban J connectivity index is 0. The van der Waals surface area contributed by atoms with Gasteiger partial charge in [0.2, 0.25) is 0 Å². The summed E-state index contributed by atoms with van der Waals surface area (Å²) in [5, 5.41) is 0. The van der Waals surface area contributed by atoms with Gasteiger partial charge in [-0.15, -0.1) is 0 Å². The molecule has 6 heteroatoms. The van der Waals surface area contributed by atoms with Gasteiger partial charge in [-0.1, -0.05) is 0 Å². The van der Waals surface area contributed by atoms with Crippen LogP contribution in [0.3, 0.4) is 0 Å². The first-order chi connectivity index (χ1) is 0. The molecule has 0 heterocycles. The quantitative estimate of drug-likeness (QED) is 0.451. The van der Waals surface area contributed by atoms with Gasteiger partial charge in [0.05, 0.1) is 0 Å². The molecule has 0 fully saturated rings. The van der Waals surface area contributed by atoms with Crippen molar-refractivity contribution < 1.29 is 67.7 Å². The monoisotopic (exact) mass is 263 g/mol. The first kappa shape index (κ1) is 82.3. The summed E-state index contributed by atoms with van der Waals surface area (Å²) in [6.45, 7) is 0. The van der Waals surface area contributed by atoms with E-state index in [-0.39, 0.29) is 87.1 Å². The van der Waals surface area contributed by atoms with Crippen LogP contribution in [-0.4, -0.2) is 19.4 Å². The van der Waals surface area contributed by atoms with Crippen LogP contribution < -0.4 is 0 Å². The summed E-state index contributed by atoms with van der Waals surface area (Å²) in [5.74, 6) is 0. The van der Waals surface area contributed by atoms with Gasteiger partial charge in [0.1, 0.15) is 0 Å². The topological polar surface area (TPSA) is 0 Å². The summed E-state index contributed by atoms with van der Waals surface area (Å²) in [6, 6.07) is 0. The maximum Gasteiger partial charge on any atom is 0 e. The van der Waals surface area contributed by atoms with Gasteiger partial charge in [-0.05, 0) is 11.0 Å². The second kappa shape index (κ2) is 54.0. The average molecular weight is 264 g/mol. The van der Waals surface area contributed by atoms with E-state index in [0.29, 0.717) is 0 Å². The van der Waals surface area contributed by atoms with Crippen molar-refractivity contribution in [2.45, 2.75) is 0 Å². The minimum Gasteiger partial charge on any atom is -0.0149 e. The Morgan fingerprint density at radius 1 is 0.667 bits per heavy atom. The van der Waals surface area contributed by atoms with Crippen LogP contribution in [0.4, 0.5) is 0 Å². The molecular weight excluding hydrogens is 260 g/mol. The molecule has 0 saturated heterocycles. The third-order valence-electron chi connectivity index (χ3n) is 0. The average Bonchev–Trinajstić information content (AvgIpc) is 0. The zero-order chi connectivity index (χ0) is 0. The molecule has 3 radical (unpaired) electrons. The van der Waals surface area contributed by atoms with Crippen LogP contribution in [0, 0.1) is 0 Å². The normalized spacial score (nSPS) is 0. The Morgan fingerprint density at radius 2 is 0.667 bits per heavy atom. The zero-order valence-electron chi connectivity index (χ0n) is 2.03. The van der Waals surface area contributed by atoms with E-state index in [0.717, 1.165) is 0 Å². The largest absolute Gasteiger partial charge is 0.0149 e. The minimum absolute atomic E-state index is 0. The maximum absolute atomic E-state index is 0. The zero-order valence-corrected chi connectivity index (χ0v) is 6.55. The molecule has 0 N–H and O–H groups in total. The Hall–Kier alpha value is 2.33. The van der Waals surface area contributed by atoms with Gasteiger partial charge >= 0.3 is 0 Å². The summed E-state index contributed by atoms with van der Waals surface area (Å²) in [5.41, 5.74) is 0. The molecule has 0 amide bonds. The predicted molar refractivity (Wildman–Crippen MR) is 17.1 cm³/mol. The van der Waals surface area contributed by atoms with E-state index in [9.17, 15) is 0 Å². The van der Waals surface area contributed by atoms with Crippen molar-refractivity contribution in [3.05, 3.63) is 0 Å². The molecular formula is H4BCr2Ni2Si. The molecule has 0 bridgehead atoms. The molecule has 0 nitrogen and oxygen atoms in total. The molecule has 0 aromatic rings. The van der Waals surface area contributed by atoms with E-state index in [1.54, 1.807) is 0 Å². The second-order valence-electron chi connectivity index (χ2n) is 0. The third-order valence-corrected chi connectivity index (χ3v) is 0. The molecule has 0 saturated carbocycles. The number of rotatable bonds is 0. The van der Waals surface area contributed by atoms with Gasteiger partial charge in [0, 0.05) is 76.1 Å². The first-order valence-corrected chi connectivity index (χ1v) is 0. The summed E-state index contributed by atoms with van der Waals surface area (Å²) < 4.78 is 0. The fraction of sp³-hybridized carbons (Fsp3) is 0. The van der Waals surface area contributed by atoms with E-state index in [1.807, 2.05) is 0 Å². The van der Waals surface area contributed by atoms with Crippen LogP contribution in [0.1, 0.15) is 0 Å². The summed E-state index contributed by atoms with van der Waals surface area (Å²) >= 11 is 0.